The zero-order chi connectivity index (χ0) is 14.8. The maximum atomic E-state index is 12.5. The lowest BCUT2D eigenvalue weighted by atomic mass is 9.90. The molecule has 2 aromatic rings. The van der Waals surface area contributed by atoms with Crippen LogP contribution in [0.3, 0.4) is 0 Å². The van der Waals surface area contributed by atoms with E-state index >= 15 is 0 Å². The highest BCUT2D eigenvalue weighted by atomic mass is 16.1. The minimum absolute atomic E-state index is 0.0912. The maximum Gasteiger partial charge on any atom is 0.229 e. The van der Waals surface area contributed by atoms with Crippen LogP contribution in [0.1, 0.15) is 28.4 Å². The van der Waals surface area contributed by atoms with Crippen molar-refractivity contribution in [3.05, 3.63) is 58.9 Å². The summed E-state index contributed by atoms with van der Waals surface area (Å²) in [7, 11) is 2.02. The van der Waals surface area contributed by atoms with Crippen LogP contribution in [0.2, 0.25) is 0 Å². The number of fused-ring (bicyclic) bond motifs is 1. The molecule has 1 aromatic heterocycles. The van der Waals surface area contributed by atoms with Crippen molar-refractivity contribution in [3.8, 4) is 0 Å². The molecule has 0 saturated carbocycles. The first-order valence-electron chi connectivity index (χ1n) is 7.34. The zero-order valence-electron chi connectivity index (χ0n) is 12.5. The van der Waals surface area contributed by atoms with Crippen molar-refractivity contribution in [2.45, 2.75) is 25.9 Å². The van der Waals surface area contributed by atoms with Gasteiger partial charge in [0, 0.05) is 31.5 Å². The number of benzene rings is 1. The number of aryl methyl sites for hydroxylation is 1. The van der Waals surface area contributed by atoms with Crippen molar-refractivity contribution in [3.63, 3.8) is 0 Å². The average molecular weight is 283 g/mol. The second-order valence-corrected chi connectivity index (χ2v) is 5.63. The molecule has 0 bridgehead atoms. The predicted molar refractivity (Wildman–Crippen MR) is 82.9 cm³/mol. The van der Waals surface area contributed by atoms with Crippen molar-refractivity contribution in [1.82, 2.24) is 15.2 Å². The molecule has 3 rings (SSSR count). The summed E-state index contributed by atoms with van der Waals surface area (Å²) in [5.74, 6) is -0.00943. The highest BCUT2D eigenvalue weighted by Gasteiger charge is 2.25. The van der Waals surface area contributed by atoms with Gasteiger partial charge in [-0.2, -0.15) is 0 Å². The van der Waals surface area contributed by atoms with E-state index in [-0.39, 0.29) is 11.8 Å². The Kier molecular flexibility index (Phi) is 3.80. The fraction of sp³-hybridized carbons (Fsp3) is 0.353. The van der Waals surface area contributed by atoms with Crippen LogP contribution in [-0.2, 0) is 24.9 Å². The summed E-state index contributed by atoms with van der Waals surface area (Å²) in [4.78, 5) is 12.5. The molecule has 4 heteroatoms. The Balaban J connectivity index is 1.71. The Morgan fingerprint density at radius 3 is 2.90 bits per heavy atom. The Bertz CT molecular complexity index is 660. The summed E-state index contributed by atoms with van der Waals surface area (Å²) in [5, 5.41) is 6.38. The molecule has 0 aliphatic carbocycles. The molecule has 0 radical (unpaired) electrons. The summed E-state index contributed by atoms with van der Waals surface area (Å²) in [6.07, 6.45) is 0. The Morgan fingerprint density at radius 1 is 1.33 bits per heavy atom. The number of hydrogen-bond donors (Lipinski definition) is 2. The van der Waals surface area contributed by atoms with Gasteiger partial charge in [-0.3, -0.25) is 4.79 Å². The van der Waals surface area contributed by atoms with Crippen molar-refractivity contribution in [2.24, 2.45) is 7.05 Å². The van der Waals surface area contributed by atoms with Gasteiger partial charge in [0.15, 0.2) is 0 Å². The molecule has 1 amide bonds. The average Bonchev–Trinajstić information content (AvgIpc) is 2.84. The number of nitrogens with zero attached hydrogens (tertiary/aromatic N) is 1. The van der Waals surface area contributed by atoms with Gasteiger partial charge in [0.25, 0.3) is 0 Å². The van der Waals surface area contributed by atoms with Crippen LogP contribution in [0.5, 0.6) is 0 Å². The Hall–Kier alpha value is -2.07. The summed E-state index contributed by atoms with van der Waals surface area (Å²) in [6.45, 7) is 4.18. The van der Waals surface area contributed by atoms with E-state index in [9.17, 15) is 4.79 Å². The molecule has 1 aliphatic heterocycles. The minimum atomic E-state index is -0.101. The molecule has 1 aliphatic rings. The van der Waals surface area contributed by atoms with Crippen molar-refractivity contribution in [1.29, 1.82) is 0 Å². The lowest BCUT2D eigenvalue weighted by molar-refractivity contribution is -0.122. The molecule has 2 N–H and O–H groups in total. The number of nitrogens with one attached hydrogen (secondary N) is 2. The fourth-order valence-corrected chi connectivity index (χ4v) is 2.88. The molecule has 1 unspecified atom stereocenters. The van der Waals surface area contributed by atoms with Crippen LogP contribution in [0.25, 0.3) is 0 Å². The lowest BCUT2D eigenvalue weighted by Crippen LogP contribution is -2.38. The van der Waals surface area contributed by atoms with E-state index in [2.05, 4.69) is 46.4 Å². The molecule has 110 valence electrons. The van der Waals surface area contributed by atoms with Crippen molar-refractivity contribution >= 4 is 5.91 Å². The van der Waals surface area contributed by atoms with Crippen LogP contribution in [0.4, 0.5) is 0 Å². The first kappa shape index (κ1) is 13.9. The van der Waals surface area contributed by atoms with Crippen molar-refractivity contribution in [2.75, 3.05) is 6.54 Å². The third-order valence-electron chi connectivity index (χ3n) is 4.33. The van der Waals surface area contributed by atoms with Crippen LogP contribution >= 0.6 is 0 Å². The van der Waals surface area contributed by atoms with Gasteiger partial charge in [-0.1, -0.05) is 24.3 Å². The summed E-state index contributed by atoms with van der Waals surface area (Å²) in [5.41, 5.74) is 4.69. The quantitative estimate of drug-likeness (QED) is 0.903. The largest absolute Gasteiger partial charge is 0.350 e. The molecule has 2 heterocycles. The van der Waals surface area contributed by atoms with Crippen LogP contribution in [0, 0.1) is 6.92 Å². The highest BCUT2D eigenvalue weighted by Crippen LogP contribution is 2.23. The molecule has 0 saturated heterocycles. The monoisotopic (exact) mass is 283 g/mol. The molecular formula is C17H21N3O. The summed E-state index contributed by atoms with van der Waals surface area (Å²) in [6, 6.07) is 12.3. The minimum Gasteiger partial charge on any atom is -0.350 e. The predicted octanol–water partition coefficient (Wildman–Crippen LogP) is 1.84. The van der Waals surface area contributed by atoms with E-state index < -0.39 is 0 Å². The van der Waals surface area contributed by atoms with E-state index in [1.807, 2.05) is 19.2 Å². The van der Waals surface area contributed by atoms with Gasteiger partial charge in [-0.25, -0.2) is 0 Å². The molecule has 1 aromatic carbocycles. The van der Waals surface area contributed by atoms with Gasteiger partial charge in [0.05, 0.1) is 12.5 Å². The van der Waals surface area contributed by atoms with Crippen molar-refractivity contribution < 1.29 is 4.79 Å². The van der Waals surface area contributed by atoms with Gasteiger partial charge in [-0.15, -0.1) is 0 Å². The van der Waals surface area contributed by atoms with E-state index in [1.54, 1.807) is 0 Å². The zero-order valence-corrected chi connectivity index (χ0v) is 12.5. The van der Waals surface area contributed by atoms with E-state index in [1.165, 1.54) is 11.3 Å². The number of carbonyl (C=O) groups excluding carboxylic acids is 1. The first-order chi connectivity index (χ1) is 10.2. The summed E-state index contributed by atoms with van der Waals surface area (Å²) >= 11 is 0. The number of rotatable bonds is 3. The van der Waals surface area contributed by atoms with Crippen LogP contribution in [0.15, 0.2) is 36.4 Å². The Labute approximate surface area is 125 Å². The second-order valence-electron chi connectivity index (χ2n) is 5.63. The van der Waals surface area contributed by atoms with E-state index in [4.69, 9.17) is 0 Å². The van der Waals surface area contributed by atoms with Gasteiger partial charge >= 0.3 is 0 Å². The highest BCUT2D eigenvalue weighted by molar-refractivity contribution is 5.84. The van der Waals surface area contributed by atoms with E-state index in [0.717, 1.165) is 17.8 Å². The van der Waals surface area contributed by atoms with Gasteiger partial charge in [0.1, 0.15) is 0 Å². The van der Waals surface area contributed by atoms with Gasteiger partial charge in [0.2, 0.25) is 5.91 Å². The second kappa shape index (κ2) is 5.74. The SMILES string of the molecule is Cc1ccc(CNC(=O)C2CNCc3ccccc32)n1C. The first-order valence-corrected chi connectivity index (χ1v) is 7.34. The summed E-state index contributed by atoms with van der Waals surface area (Å²) < 4.78 is 2.10. The van der Waals surface area contributed by atoms with E-state index in [0.29, 0.717) is 13.1 Å². The fourth-order valence-electron chi connectivity index (χ4n) is 2.88. The number of hydrogen-bond acceptors (Lipinski definition) is 2. The molecule has 4 nitrogen and oxygen atoms in total. The molecule has 21 heavy (non-hydrogen) atoms. The standard InChI is InChI=1S/C17H21N3O/c1-12-7-8-14(20(12)2)10-19-17(21)16-11-18-9-13-5-3-4-6-15(13)16/h3-8,16,18H,9-11H2,1-2H3,(H,19,21). The third-order valence-corrected chi connectivity index (χ3v) is 4.33. The Morgan fingerprint density at radius 2 is 2.14 bits per heavy atom. The number of carbonyl (C=O) groups is 1. The van der Waals surface area contributed by atoms with Crippen LogP contribution in [-0.4, -0.2) is 17.0 Å². The lowest BCUT2D eigenvalue weighted by Gasteiger charge is -2.25. The van der Waals surface area contributed by atoms with Gasteiger partial charge < -0.3 is 15.2 Å². The topological polar surface area (TPSA) is 46.1 Å². The third kappa shape index (κ3) is 2.72. The number of amides is 1. The number of aromatic nitrogens is 1. The normalized spacial score (nSPS) is 17.3. The smallest absolute Gasteiger partial charge is 0.229 e. The molecule has 1 atom stereocenters. The van der Waals surface area contributed by atoms with Gasteiger partial charge in [-0.05, 0) is 30.2 Å². The molecular weight excluding hydrogens is 262 g/mol. The maximum absolute atomic E-state index is 12.5. The molecule has 0 spiro atoms. The van der Waals surface area contributed by atoms with Crippen LogP contribution < -0.4 is 10.6 Å². The molecule has 0 fully saturated rings.